The first kappa shape index (κ1) is 13.3. The number of carbonyl (C=O) groups excluding carboxylic acids is 2. The summed E-state index contributed by atoms with van der Waals surface area (Å²) in [6.45, 7) is 0. The molecule has 3 heteroatoms. The Morgan fingerprint density at radius 2 is 1.43 bits per heavy atom. The van der Waals surface area contributed by atoms with Crippen molar-refractivity contribution in [2.45, 2.75) is 0 Å². The van der Waals surface area contributed by atoms with Gasteiger partial charge in [-0.1, -0.05) is 36.4 Å². The minimum atomic E-state index is -0.423. The fourth-order valence-corrected chi connectivity index (χ4v) is 2.46. The Labute approximate surface area is 123 Å². The highest BCUT2D eigenvalue weighted by Gasteiger charge is 2.32. The Hall–Kier alpha value is -2.68. The average Bonchev–Trinajstić information content (AvgIpc) is 2.73. The predicted molar refractivity (Wildman–Crippen MR) is 84.4 cm³/mol. The van der Waals surface area contributed by atoms with E-state index in [1.807, 2.05) is 55.4 Å². The number of carbonyl (C=O) groups is 2. The summed E-state index contributed by atoms with van der Waals surface area (Å²) >= 11 is 0. The van der Waals surface area contributed by atoms with Gasteiger partial charge in [-0.2, -0.15) is 0 Å². The van der Waals surface area contributed by atoms with Crippen LogP contribution >= 0.6 is 0 Å². The van der Waals surface area contributed by atoms with Gasteiger partial charge in [0, 0.05) is 30.9 Å². The fraction of sp³-hybridized carbons (Fsp3) is 0.111. The number of hydrogen-bond donors (Lipinski definition) is 0. The summed E-state index contributed by atoms with van der Waals surface area (Å²) in [7, 11) is 3.95. The standard InChI is InChI=1S/C18H15NO2/c1-19(2)13-9-7-12(8-10-13)11-16-14-5-3-4-6-15(14)17(20)18(16)21/h3-11H,1-2H3. The molecule has 0 N–H and O–H groups in total. The van der Waals surface area contributed by atoms with Gasteiger partial charge in [0.1, 0.15) is 0 Å². The zero-order valence-corrected chi connectivity index (χ0v) is 12.0. The van der Waals surface area contributed by atoms with Gasteiger partial charge in [0.05, 0.1) is 0 Å². The van der Waals surface area contributed by atoms with Crippen LogP contribution in [0.4, 0.5) is 5.69 Å². The molecule has 0 unspecified atom stereocenters. The molecule has 2 aromatic rings. The molecule has 1 aliphatic carbocycles. The molecular formula is C18H15NO2. The van der Waals surface area contributed by atoms with Crippen LogP contribution in [0.3, 0.4) is 0 Å². The Bertz CT molecular complexity index is 755. The number of fused-ring (bicyclic) bond motifs is 1. The van der Waals surface area contributed by atoms with Crippen LogP contribution in [0.1, 0.15) is 21.5 Å². The van der Waals surface area contributed by atoms with Crippen LogP contribution in [0.15, 0.2) is 48.5 Å². The van der Waals surface area contributed by atoms with Crippen molar-refractivity contribution in [3.8, 4) is 0 Å². The first-order valence-electron chi connectivity index (χ1n) is 6.75. The summed E-state index contributed by atoms with van der Waals surface area (Å²) in [5.74, 6) is -0.838. The highest BCUT2D eigenvalue weighted by atomic mass is 16.2. The normalized spacial score (nSPS) is 15.4. The molecule has 3 rings (SSSR count). The van der Waals surface area contributed by atoms with E-state index in [1.54, 1.807) is 18.2 Å². The number of benzene rings is 2. The smallest absolute Gasteiger partial charge is 0.234 e. The number of hydrogen-bond acceptors (Lipinski definition) is 3. The number of nitrogens with zero attached hydrogens (tertiary/aromatic N) is 1. The lowest BCUT2D eigenvalue weighted by molar-refractivity contribution is -0.109. The number of rotatable bonds is 2. The van der Waals surface area contributed by atoms with E-state index in [0.717, 1.165) is 16.8 Å². The van der Waals surface area contributed by atoms with Gasteiger partial charge in [-0.3, -0.25) is 9.59 Å². The third-order valence-electron chi connectivity index (χ3n) is 3.63. The maximum Gasteiger partial charge on any atom is 0.234 e. The largest absolute Gasteiger partial charge is 0.378 e. The van der Waals surface area contributed by atoms with Crippen molar-refractivity contribution in [2.75, 3.05) is 19.0 Å². The van der Waals surface area contributed by atoms with E-state index in [4.69, 9.17) is 0 Å². The van der Waals surface area contributed by atoms with Gasteiger partial charge in [0.2, 0.25) is 11.6 Å². The molecule has 0 bridgehead atoms. The van der Waals surface area contributed by atoms with Crippen LogP contribution in [0.5, 0.6) is 0 Å². The number of allylic oxidation sites excluding steroid dienone is 1. The molecule has 0 spiro atoms. The van der Waals surface area contributed by atoms with Crippen molar-refractivity contribution in [1.29, 1.82) is 0 Å². The molecule has 1 aliphatic rings. The van der Waals surface area contributed by atoms with Crippen molar-refractivity contribution in [1.82, 2.24) is 0 Å². The third kappa shape index (κ3) is 2.27. The van der Waals surface area contributed by atoms with Gasteiger partial charge in [-0.05, 0) is 29.3 Å². The van der Waals surface area contributed by atoms with Crippen LogP contribution in [-0.4, -0.2) is 25.7 Å². The van der Waals surface area contributed by atoms with Crippen molar-refractivity contribution < 1.29 is 9.59 Å². The average molecular weight is 277 g/mol. The second-order valence-corrected chi connectivity index (χ2v) is 5.25. The van der Waals surface area contributed by atoms with Crippen molar-refractivity contribution >= 4 is 28.9 Å². The molecule has 0 atom stereocenters. The fourth-order valence-electron chi connectivity index (χ4n) is 2.46. The highest BCUT2D eigenvalue weighted by Crippen LogP contribution is 2.31. The van der Waals surface area contributed by atoms with E-state index in [-0.39, 0.29) is 0 Å². The van der Waals surface area contributed by atoms with Gasteiger partial charge in [0.25, 0.3) is 0 Å². The monoisotopic (exact) mass is 277 g/mol. The molecule has 0 aromatic heterocycles. The summed E-state index contributed by atoms with van der Waals surface area (Å²) in [5, 5.41) is 0. The maximum atomic E-state index is 12.1. The summed E-state index contributed by atoms with van der Waals surface area (Å²) in [5.41, 5.74) is 3.70. The minimum Gasteiger partial charge on any atom is -0.378 e. The summed E-state index contributed by atoms with van der Waals surface area (Å²) in [6, 6.07) is 15.0. The van der Waals surface area contributed by atoms with E-state index in [9.17, 15) is 9.59 Å². The lowest BCUT2D eigenvalue weighted by Crippen LogP contribution is -2.08. The van der Waals surface area contributed by atoms with Crippen LogP contribution in [0, 0.1) is 0 Å². The molecule has 0 amide bonds. The second-order valence-electron chi connectivity index (χ2n) is 5.25. The quantitative estimate of drug-likeness (QED) is 0.625. The zero-order valence-electron chi connectivity index (χ0n) is 12.0. The first-order valence-corrected chi connectivity index (χ1v) is 6.75. The van der Waals surface area contributed by atoms with Gasteiger partial charge < -0.3 is 4.90 Å². The molecule has 21 heavy (non-hydrogen) atoms. The molecule has 0 aliphatic heterocycles. The number of Topliss-reactive ketones (excluding diaryl/α,β-unsaturated/α-hetero) is 2. The first-order chi connectivity index (χ1) is 10.1. The van der Waals surface area contributed by atoms with Crippen LogP contribution in [-0.2, 0) is 4.79 Å². The molecule has 0 saturated carbocycles. The second kappa shape index (κ2) is 5.02. The minimum absolute atomic E-state index is 0.415. The molecule has 2 aromatic carbocycles. The summed E-state index contributed by atoms with van der Waals surface area (Å²) < 4.78 is 0. The van der Waals surface area contributed by atoms with E-state index >= 15 is 0 Å². The van der Waals surface area contributed by atoms with Crippen molar-refractivity contribution in [3.05, 3.63) is 65.2 Å². The SMILES string of the molecule is CN(C)c1ccc(C=C2C(=O)C(=O)c3ccccc32)cc1. The topological polar surface area (TPSA) is 37.4 Å². The van der Waals surface area contributed by atoms with Crippen LogP contribution in [0.25, 0.3) is 11.6 Å². The number of ketones is 2. The molecule has 0 radical (unpaired) electrons. The van der Waals surface area contributed by atoms with Crippen LogP contribution in [0.2, 0.25) is 0 Å². The highest BCUT2D eigenvalue weighted by molar-refractivity contribution is 6.64. The zero-order chi connectivity index (χ0) is 15.0. The lowest BCUT2D eigenvalue weighted by Gasteiger charge is -2.11. The lowest BCUT2D eigenvalue weighted by atomic mass is 10.0. The van der Waals surface area contributed by atoms with E-state index in [1.165, 1.54) is 0 Å². The Morgan fingerprint density at radius 1 is 0.810 bits per heavy atom. The molecular weight excluding hydrogens is 262 g/mol. The summed E-state index contributed by atoms with van der Waals surface area (Å²) in [4.78, 5) is 26.1. The predicted octanol–water partition coefficient (Wildman–Crippen LogP) is 3.06. The third-order valence-corrected chi connectivity index (χ3v) is 3.63. The van der Waals surface area contributed by atoms with Gasteiger partial charge in [-0.25, -0.2) is 0 Å². The Morgan fingerprint density at radius 3 is 2.05 bits per heavy atom. The molecule has 0 saturated heterocycles. The summed E-state index contributed by atoms with van der Waals surface area (Å²) in [6.07, 6.45) is 1.78. The van der Waals surface area contributed by atoms with Gasteiger partial charge in [0.15, 0.2) is 0 Å². The van der Waals surface area contributed by atoms with E-state index in [0.29, 0.717) is 11.1 Å². The molecule has 3 nitrogen and oxygen atoms in total. The number of anilines is 1. The molecule has 104 valence electrons. The molecule has 0 fully saturated rings. The van der Waals surface area contributed by atoms with E-state index < -0.39 is 11.6 Å². The van der Waals surface area contributed by atoms with Crippen LogP contribution < -0.4 is 4.90 Å². The Kier molecular flexibility index (Phi) is 3.18. The van der Waals surface area contributed by atoms with Gasteiger partial charge >= 0.3 is 0 Å². The Balaban J connectivity index is 2.04. The van der Waals surface area contributed by atoms with Crippen molar-refractivity contribution in [2.24, 2.45) is 0 Å². The van der Waals surface area contributed by atoms with Crippen molar-refractivity contribution in [3.63, 3.8) is 0 Å². The molecule has 0 heterocycles. The maximum absolute atomic E-state index is 12.1. The van der Waals surface area contributed by atoms with Gasteiger partial charge in [-0.15, -0.1) is 0 Å². The van der Waals surface area contributed by atoms with E-state index in [2.05, 4.69) is 0 Å².